The maximum absolute atomic E-state index is 12.9. The second-order valence-corrected chi connectivity index (χ2v) is 7.76. The predicted molar refractivity (Wildman–Crippen MR) is 117 cm³/mol. The summed E-state index contributed by atoms with van der Waals surface area (Å²) in [5, 5.41) is 4.20. The Hall–Kier alpha value is -1.95. The molecule has 0 heterocycles. The third-order valence-electron chi connectivity index (χ3n) is 4.23. The van der Waals surface area contributed by atoms with Crippen molar-refractivity contribution in [2.45, 2.75) is 32.9 Å². The van der Waals surface area contributed by atoms with Crippen LogP contribution in [0.4, 0.5) is 0 Å². The van der Waals surface area contributed by atoms with Crippen LogP contribution in [-0.2, 0) is 16.1 Å². The van der Waals surface area contributed by atoms with Gasteiger partial charge in [0.05, 0.1) is 5.02 Å². The quantitative estimate of drug-likeness (QED) is 0.578. The van der Waals surface area contributed by atoms with Crippen molar-refractivity contribution in [2.75, 3.05) is 13.2 Å². The zero-order chi connectivity index (χ0) is 21.4. The minimum atomic E-state index is -0.672. The fraction of sp³-hybridized carbons (Fsp3) is 0.333. The van der Waals surface area contributed by atoms with E-state index < -0.39 is 6.04 Å². The van der Waals surface area contributed by atoms with E-state index in [1.54, 1.807) is 31.2 Å². The highest BCUT2D eigenvalue weighted by Gasteiger charge is 2.26. The van der Waals surface area contributed by atoms with Gasteiger partial charge in [0.15, 0.2) is 6.61 Å². The number of hydrogen-bond donors (Lipinski definition) is 1. The number of rotatable bonds is 9. The average molecular weight is 458 g/mol. The van der Waals surface area contributed by atoms with Crippen LogP contribution in [0.1, 0.15) is 25.8 Å². The van der Waals surface area contributed by atoms with Gasteiger partial charge in [-0.25, -0.2) is 0 Å². The van der Waals surface area contributed by atoms with Gasteiger partial charge in [-0.3, -0.25) is 9.59 Å². The fourth-order valence-corrected chi connectivity index (χ4v) is 3.17. The first kappa shape index (κ1) is 23.3. The van der Waals surface area contributed by atoms with Crippen molar-refractivity contribution >= 4 is 46.6 Å². The van der Waals surface area contributed by atoms with Crippen LogP contribution >= 0.6 is 34.8 Å². The van der Waals surface area contributed by atoms with Gasteiger partial charge in [-0.15, -0.1) is 0 Å². The Kier molecular flexibility index (Phi) is 9.08. The second kappa shape index (κ2) is 11.3. The van der Waals surface area contributed by atoms with Crippen molar-refractivity contribution in [1.82, 2.24) is 10.2 Å². The van der Waals surface area contributed by atoms with Crippen molar-refractivity contribution in [2.24, 2.45) is 0 Å². The summed E-state index contributed by atoms with van der Waals surface area (Å²) < 4.78 is 5.57. The molecule has 2 aromatic carbocycles. The molecule has 2 aromatic rings. The van der Waals surface area contributed by atoms with Gasteiger partial charge >= 0.3 is 0 Å². The number of carbonyl (C=O) groups is 2. The third kappa shape index (κ3) is 7.11. The van der Waals surface area contributed by atoms with Crippen LogP contribution in [0.5, 0.6) is 5.75 Å². The molecule has 0 aromatic heterocycles. The normalized spacial score (nSPS) is 11.6. The van der Waals surface area contributed by atoms with E-state index in [2.05, 4.69) is 5.32 Å². The molecule has 0 aliphatic heterocycles. The van der Waals surface area contributed by atoms with Gasteiger partial charge in [0.1, 0.15) is 11.8 Å². The van der Waals surface area contributed by atoms with Gasteiger partial charge < -0.3 is 15.0 Å². The zero-order valence-electron chi connectivity index (χ0n) is 16.3. The van der Waals surface area contributed by atoms with Gasteiger partial charge in [-0.2, -0.15) is 0 Å². The number of nitrogens with zero attached hydrogens (tertiary/aromatic N) is 1. The maximum Gasteiger partial charge on any atom is 0.261 e. The monoisotopic (exact) mass is 456 g/mol. The van der Waals surface area contributed by atoms with E-state index in [0.717, 1.165) is 12.0 Å². The van der Waals surface area contributed by atoms with Gasteiger partial charge in [0.2, 0.25) is 5.91 Å². The Labute approximate surface area is 185 Å². The molecule has 0 unspecified atom stereocenters. The van der Waals surface area contributed by atoms with Crippen LogP contribution < -0.4 is 10.1 Å². The Bertz CT molecular complexity index is 844. The molecule has 0 radical (unpaired) electrons. The molecule has 0 aliphatic rings. The Balaban J connectivity index is 2.14. The SMILES string of the molecule is CCCNC(=O)[C@@H](C)N(Cc1ccc(Cl)cc1)C(=O)COc1ccc(Cl)cc1Cl. The van der Waals surface area contributed by atoms with Crippen LogP contribution in [0, 0.1) is 0 Å². The molecule has 29 heavy (non-hydrogen) atoms. The van der Waals surface area contributed by atoms with Gasteiger partial charge in [0, 0.05) is 23.1 Å². The molecule has 0 saturated heterocycles. The molecule has 5 nitrogen and oxygen atoms in total. The van der Waals surface area contributed by atoms with E-state index in [0.29, 0.717) is 27.4 Å². The van der Waals surface area contributed by atoms with E-state index in [-0.39, 0.29) is 25.0 Å². The van der Waals surface area contributed by atoms with E-state index in [1.807, 2.05) is 19.1 Å². The molecule has 0 fully saturated rings. The van der Waals surface area contributed by atoms with E-state index in [4.69, 9.17) is 39.5 Å². The van der Waals surface area contributed by atoms with Crippen LogP contribution in [0.25, 0.3) is 0 Å². The standard InChI is InChI=1S/C21H23Cl3N2O3/c1-3-10-25-21(28)14(2)26(12-15-4-6-16(22)7-5-15)20(27)13-29-19-9-8-17(23)11-18(19)24/h4-9,11,14H,3,10,12-13H2,1-2H3,(H,25,28)/t14-/m1/s1. The van der Waals surface area contributed by atoms with Crippen molar-refractivity contribution in [3.05, 3.63) is 63.1 Å². The predicted octanol–water partition coefficient (Wildman–Crippen LogP) is 4.97. The summed E-state index contributed by atoms with van der Waals surface area (Å²) in [6.45, 7) is 4.18. The Morgan fingerprint density at radius 3 is 2.34 bits per heavy atom. The van der Waals surface area contributed by atoms with Gasteiger partial charge in [-0.1, -0.05) is 53.9 Å². The van der Waals surface area contributed by atoms with Gasteiger partial charge in [-0.05, 0) is 49.2 Å². The van der Waals surface area contributed by atoms with Crippen LogP contribution in [0.15, 0.2) is 42.5 Å². The van der Waals surface area contributed by atoms with Crippen LogP contribution in [0.3, 0.4) is 0 Å². The van der Waals surface area contributed by atoms with Gasteiger partial charge in [0.25, 0.3) is 5.91 Å². The summed E-state index contributed by atoms with van der Waals surface area (Å²) in [4.78, 5) is 26.8. The summed E-state index contributed by atoms with van der Waals surface area (Å²) in [6, 6.07) is 11.2. The largest absolute Gasteiger partial charge is 0.482 e. The Morgan fingerprint density at radius 1 is 1.07 bits per heavy atom. The first-order chi connectivity index (χ1) is 13.8. The highest BCUT2D eigenvalue weighted by Crippen LogP contribution is 2.27. The molecular weight excluding hydrogens is 435 g/mol. The number of halogens is 3. The zero-order valence-corrected chi connectivity index (χ0v) is 18.5. The molecule has 1 N–H and O–H groups in total. The van der Waals surface area contributed by atoms with E-state index in [9.17, 15) is 9.59 Å². The Morgan fingerprint density at radius 2 is 1.72 bits per heavy atom. The summed E-state index contributed by atoms with van der Waals surface area (Å²) >= 11 is 17.9. The second-order valence-electron chi connectivity index (χ2n) is 6.48. The molecule has 1 atom stereocenters. The summed E-state index contributed by atoms with van der Waals surface area (Å²) in [6.07, 6.45) is 0.807. The first-order valence-corrected chi connectivity index (χ1v) is 10.3. The molecule has 2 amide bonds. The summed E-state index contributed by atoms with van der Waals surface area (Å²) in [5.41, 5.74) is 0.849. The molecular formula is C21H23Cl3N2O3. The summed E-state index contributed by atoms with van der Waals surface area (Å²) in [5.74, 6) is -0.220. The molecule has 0 bridgehead atoms. The lowest BCUT2D eigenvalue weighted by Crippen LogP contribution is -2.49. The van der Waals surface area contributed by atoms with E-state index in [1.165, 1.54) is 11.0 Å². The topological polar surface area (TPSA) is 58.6 Å². The van der Waals surface area contributed by atoms with E-state index >= 15 is 0 Å². The minimum absolute atomic E-state index is 0.223. The fourth-order valence-electron chi connectivity index (χ4n) is 2.58. The molecule has 0 spiro atoms. The molecule has 156 valence electrons. The lowest BCUT2D eigenvalue weighted by atomic mass is 10.1. The number of ether oxygens (including phenoxy) is 1. The number of nitrogens with one attached hydrogen (secondary N) is 1. The van der Waals surface area contributed by atoms with Crippen molar-refractivity contribution in [3.63, 3.8) is 0 Å². The molecule has 0 saturated carbocycles. The molecule has 0 aliphatic carbocycles. The molecule has 8 heteroatoms. The number of hydrogen-bond acceptors (Lipinski definition) is 3. The summed E-state index contributed by atoms with van der Waals surface area (Å²) in [7, 11) is 0. The van der Waals surface area contributed by atoms with Crippen molar-refractivity contribution < 1.29 is 14.3 Å². The lowest BCUT2D eigenvalue weighted by molar-refractivity contribution is -0.142. The first-order valence-electron chi connectivity index (χ1n) is 9.21. The number of benzene rings is 2. The minimum Gasteiger partial charge on any atom is -0.482 e. The number of carbonyl (C=O) groups excluding carboxylic acids is 2. The average Bonchev–Trinajstić information content (AvgIpc) is 2.70. The molecule has 2 rings (SSSR count). The lowest BCUT2D eigenvalue weighted by Gasteiger charge is -2.28. The van der Waals surface area contributed by atoms with Crippen LogP contribution in [0.2, 0.25) is 15.1 Å². The highest BCUT2D eigenvalue weighted by atomic mass is 35.5. The van der Waals surface area contributed by atoms with Crippen molar-refractivity contribution in [1.29, 1.82) is 0 Å². The smallest absolute Gasteiger partial charge is 0.261 e. The van der Waals surface area contributed by atoms with Crippen LogP contribution in [-0.4, -0.2) is 35.9 Å². The van der Waals surface area contributed by atoms with Crippen molar-refractivity contribution in [3.8, 4) is 5.75 Å². The third-order valence-corrected chi connectivity index (χ3v) is 5.01. The highest BCUT2D eigenvalue weighted by molar-refractivity contribution is 6.35. The number of amides is 2. The maximum atomic E-state index is 12.9.